The van der Waals surface area contributed by atoms with Crippen LogP contribution in [-0.2, 0) is 17.9 Å². The predicted octanol–water partition coefficient (Wildman–Crippen LogP) is 3.65. The number of ether oxygens (including phenoxy) is 1. The van der Waals surface area contributed by atoms with Crippen LogP contribution < -0.4 is 5.32 Å². The maximum absolute atomic E-state index is 5.12. The third-order valence-electron chi connectivity index (χ3n) is 3.74. The monoisotopic (exact) mass is 330 g/mol. The number of para-hydroxylation sites is 2. The Morgan fingerprint density at radius 3 is 2.83 bits per heavy atom. The van der Waals surface area contributed by atoms with Gasteiger partial charge >= 0.3 is 0 Å². The first-order valence-corrected chi connectivity index (χ1v) is 8.65. The fraction of sp³-hybridized carbons (Fsp3) is 0.412. The van der Waals surface area contributed by atoms with E-state index in [1.165, 1.54) is 0 Å². The van der Waals surface area contributed by atoms with E-state index >= 15 is 0 Å². The summed E-state index contributed by atoms with van der Waals surface area (Å²) in [5, 5.41) is 6.67. The fourth-order valence-electron chi connectivity index (χ4n) is 2.60. The van der Waals surface area contributed by atoms with Crippen molar-refractivity contribution >= 4 is 22.4 Å². The number of hydrogen-bond acceptors (Lipinski definition) is 5. The minimum absolute atomic E-state index is 0.162. The molecule has 0 radical (unpaired) electrons. The molecule has 2 heterocycles. The molecule has 2 N–H and O–H groups in total. The Hall–Kier alpha value is -1.76. The van der Waals surface area contributed by atoms with Crippen LogP contribution in [0.15, 0.2) is 29.6 Å². The lowest BCUT2D eigenvalue weighted by Crippen LogP contribution is -2.26. The second-order valence-corrected chi connectivity index (χ2v) is 6.85. The highest BCUT2D eigenvalue weighted by molar-refractivity contribution is 7.09. The van der Waals surface area contributed by atoms with Crippen LogP contribution in [0.2, 0.25) is 0 Å². The van der Waals surface area contributed by atoms with Gasteiger partial charge in [0.25, 0.3) is 0 Å². The summed E-state index contributed by atoms with van der Waals surface area (Å²) in [4.78, 5) is 12.7. The summed E-state index contributed by atoms with van der Waals surface area (Å²) in [5.41, 5.74) is 3.13. The molecule has 0 amide bonds. The van der Waals surface area contributed by atoms with Crippen LogP contribution in [0, 0.1) is 5.92 Å². The first-order valence-electron chi connectivity index (χ1n) is 7.77. The number of imidazole rings is 1. The van der Waals surface area contributed by atoms with Gasteiger partial charge in [-0.15, -0.1) is 11.3 Å². The van der Waals surface area contributed by atoms with Gasteiger partial charge in [0.05, 0.1) is 29.4 Å². The molecule has 5 nitrogen and oxygen atoms in total. The minimum Gasteiger partial charge on any atom is -0.378 e. The summed E-state index contributed by atoms with van der Waals surface area (Å²) in [6.45, 7) is 5.69. The van der Waals surface area contributed by atoms with Gasteiger partial charge in [-0.2, -0.15) is 0 Å². The Kier molecular flexibility index (Phi) is 5.05. The smallest absolute Gasteiger partial charge is 0.124 e. The number of aromatic amines is 1. The summed E-state index contributed by atoms with van der Waals surface area (Å²) in [7, 11) is 1.69. The number of hydrogen-bond donors (Lipinski definition) is 2. The number of aromatic nitrogens is 3. The Balaban J connectivity index is 1.73. The molecule has 6 heteroatoms. The van der Waals surface area contributed by atoms with E-state index < -0.39 is 0 Å². The maximum atomic E-state index is 5.12. The van der Waals surface area contributed by atoms with Gasteiger partial charge in [0.15, 0.2) is 0 Å². The molecule has 0 saturated heterocycles. The van der Waals surface area contributed by atoms with Crippen molar-refractivity contribution < 1.29 is 4.74 Å². The standard InChI is InChI=1S/C17H22N4OS/c1-11(2)16(17-20-13-6-4-5-7-14(13)21-17)18-8-12-10-23-15(19-12)9-22-3/h4-7,10-11,16,18H,8-9H2,1-3H3,(H,20,21). The summed E-state index contributed by atoms with van der Waals surface area (Å²) >= 11 is 1.63. The van der Waals surface area contributed by atoms with Gasteiger partial charge in [0, 0.05) is 19.0 Å². The SMILES string of the molecule is COCc1nc(CNC(c2nc3ccccc3[nH]2)C(C)C)cs1. The molecule has 0 bridgehead atoms. The Morgan fingerprint density at radius 1 is 1.26 bits per heavy atom. The Labute approximate surface area is 140 Å². The number of benzene rings is 1. The van der Waals surface area contributed by atoms with Crippen molar-refractivity contribution in [2.45, 2.75) is 33.0 Å². The summed E-state index contributed by atoms with van der Waals surface area (Å²) in [6.07, 6.45) is 0. The lowest BCUT2D eigenvalue weighted by molar-refractivity contribution is 0.184. The van der Waals surface area contributed by atoms with E-state index in [0.717, 1.165) is 34.1 Å². The van der Waals surface area contributed by atoms with Gasteiger partial charge in [0.1, 0.15) is 10.8 Å². The Morgan fingerprint density at radius 2 is 2.09 bits per heavy atom. The number of rotatable bonds is 7. The zero-order valence-corrected chi connectivity index (χ0v) is 14.5. The summed E-state index contributed by atoms with van der Waals surface area (Å²) in [6, 6.07) is 8.28. The van der Waals surface area contributed by atoms with Crippen LogP contribution in [0.5, 0.6) is 0 Å². The van der Waals surface area contributed by atoms with E-state index in [1.54, 1.807) is 18.4 Å². The topological polar surface area (TPSA) is 62.8 Å². The lowest BCUT2D eigenvalue weighted by atomic mass is 10.0. The van der Waals surface area contributed by atoms with Crippen LogP contribution >= 0.6 is 11.3 Å². The van der Waals surface area contributed by atoms with Gasteiger partial charge in [-0.1, -0.05) is 26.0 Å². The van der Waals surface area contributed by atoms with E-state index in [1.807, 2.05) is 18.2 Å². The van der Waals surface area contributed by atoms with Gasteiger partial charge in [-0.25, -0.2) is 9.97 Å². The van der Waals surface area contributed by atoms with Crippen molar-refractivity contribution in [2.75, 3.05) is 7.11 Å². The second kappa shape index (κ2) is 7.21. The third kappa shape index (κ3) is 3.77. The normalized spacial score (nSPS) is 13.0. The van der Waals surface area contributed by atoms with Crippen LogP contribution in [-0.4, -0.2) is 22.1 Å². The van der Waals surface area contributed by atoms with E-state index in [2.05, 4.69) is 40.6 Å². The minimum atomic E-state index is 0.162. The number of methoxy groups -OCH3 is 1. The molecule has 0 spiro atoms. The van der Waals surface area contributed by atoms with Gasteiger partial charge in [0.2, 0.25) is 0 Å². The van der Waals surface area contributed by atoms with Gasteiger partial charge in [-0.3, -0.25) is 0 Å². The van der Waals surface area contributed by atoms with E-state index in [-0.39, 0.29) is 6.04 Å². The molecule has 3 aromatic rings. The molecule has 1 atom stereocenters. The van der Waals surface area contributed by atoms with E-state index in [9.17, 15) is 0 Å². The molecule has 0 aliphatic rings. The van der Waals surface area contributed by atoms with Crippen molar-refractivity contribution in [3.63, 3.8) is 0 Å². The third-order valence-corrected chi connectivity index (χ3v) is 4.61. The lowest BCUT2D eigenvalue weighted by Gasteiger charge is -2.19. The fourth-order valence-corrected chi connectivity index (χ4v) is 3.37. The number of H-pyrrole nitrogens is 1. The van der Waals surface area contributed by atoms with Crippen molar-refractivity contribution in [1.82, 2.24) is 20.3 Å². The molecule has 3 rings (SSSR count). The molecule has 1 aromatic carbocycles. The van der Waals surface area contributed by atoms with Crippen molar-refractivity contribution in [3.05, 3.63) is 46.2 Å². The average Bonchev–Trinajstić information content (AvgIpc) is 3.14. The van der Waals surface area contributed by atoms with Crippen LogP contribution in [0.1, 0.15) is 36.4 Å². The molecule has 0 aliphatic carbocycles. The first-order chi connectivity index (χ1) is 11.2. The molecular formula is C17H22N4OS. The van der Waals surface area contributed by atoms with Gasteiger partial charge in [-0.05, 0) is 18.1 Å². The largest absolute Gasteiger partial charge is 0.378 e. The van der Waals surface area contributed by atoms with E-state index in [4.69, 9.17) is 9.72 Å². The number of fused-ring (bicyclic) bond motifs is 1. The zero-order chi connectivity index (χ0) is 16.2. The first kappa shape index (κ1) is 16.1. The van der Waals surface area contributed by atoms with Gasteiger partial charge < -0.3 is 15.0 Å². The Bertz CT molecular complexity index is 732. The highest BCUT2D eigenvalue weighted by atomic mass is 32.1. The van der Waals surface area contributed by atoms with Crippen molar-refractivity contribution in [3.8, 4) is 0 Å². The number of nitrogens with zero attached hydrogens (tertiary/aromatic N) is 2. The van der Waals surface area contributed by atoms with Crippen LogP contribution in [0.3, 0.4) is 0 Å². The molecular weight excluding hydrogens is 308 g/mol. The highest BCUT2D eigenvalue weighted by Crippen LogP contribution is 2.23. The summed E-state index contributed by atoms with van der Waals surface area (Å²) < 4.78 is 5.12. The molecule has 1 unspecified atom stereocenters. The zero-order valence-electron chi connectivity index (χ0n) is 13.7. The predicted molar refractivity (Wildman–Crippen MR) is 93.3 cm³/mol. The molecule has 23 heavy (non-hydrogen) atoms. The molecule has 2 aromatic heterocycles. The van der Waals surface area contributed by atoms with E-state index in [0.29, 0.717) is 12.5 Å². The molecule has 0 aliphatic heterocycles. The van der Waals surface area contributed by atoms with Crippen molar-refractivity contribution in [1.29, 1.82) is 0 Å². The number of thiazole rings is 1. The molecule has 0 fully saturated rings. The second-order valence-electron chi connectivity index (χ2n) is 5.91. The summed E-state index contributed by atoms with van der Waals surface area (Å²) in [5.74, 6) is 1.40. The quantitative estimate of drug-likeness (QED) is 0.694. The molecule has 122 valence electrons. The van der Waals surface area contributed by atoms with Crippen LogP contribution in [0.4, 0.5) is 0 Å². The maximum Gasteiger partial charge on any atom is 0.124 e. The highest BCUT2D eigenvalue weighted by Gasteiger charge is 2.19. The molecule has 0 saturated carbocycles. The average molecular weight is 330 g/mol. The van der Waals surface area contributed by atoms with Crippen molar-refractivity contribution in [2.24, 2.45) is 5.92 Å². The van der Waals surface area contributed by atoms with Crippen LogP contribution in [0.25, 0.3) is 11.0 Å². The number of nitrogens with one attached hydrogen (secondary N) is 2.